The number of Topliss-reactive ketones (excluding diaryl/α,β-unsaturated/α-hetero) is 1. The van der Waals surface area contributed by atoms with Crippen LogP contribution in [0.3, 0.4) is 0 Å². The third-order valence-corrected chi connectivity index (χ3v) is 6.89. The average molecular weight is 341 g/mol. The number of pyridine rings is 1. The topological polar surface area (TPSA) is 76.3 Å². The highest BCUT2D eigenvalue weighted by Gasteiger charge is 2.57. The second-order valence-electron chi connectivity index (χ2n) is 8.68. The van der Waals surface area contributed by atoms with Crippen LogP contribution in [0.25, 0.3) is 0 Å². The number of nitrogens with two attached hydrogens (primary N) is 1. The van der Waals surface area contributed by atoms with Crippen LogP contribution in [-0.4, -0.2) is 30.8 Å². The van der Waals surface area contributed by atoms with Gasteiger partial charge in [0.15, 0.2) is 5.78 Å². The molecule has 1 aromatic heterocycles. The summed E-state index contributed by atoms with van der Waals surface area (Å²) in [4.78, 5) is 31.3. The Bertz CT molecular complexity index is 699. The van der Waals surface area contributed by atoms with Crippen LogP contribution >= 0.6 is 0 Å². The van der Waals surface area contributed by atoms with Gasteiger partial charge in [0.25, 0.3) is 0 Å². The predicted molar refractivity (Wildman–Crippen MR) is 96.2 cm³/mol. The first kappa shape index (κ1) is 16.6. The Morgan fingerprint density at radius 2 is 1.88 bits per heavy atom. The lowest BCUT2D eigenvalue weighted by Crippen LogP contribution is -2.56. The van der Waals surface area contributed by atoms with Gasteiger partial charge in [-0.2, -0.15) is 0 Å². The molecule has 5 rings (SSSR count). The summed E-state index contributed by atoms with van der Waals surface area (Å²) in [6.07, 6.45) is 5.63. The van der Waals surface area contributed by atoms with Gasteiger partial charge in [0, 0.05) is 25.9 Å². The molecule has 1 aromatic rings. The standard InChI is InChI=1S/C20H27N3O2/c1-23(2)18-5-3-4-16(22-18)17(24)8-15-13-6-12-7-14(15)11-20(9-12,10-13)19(21)25/h3-5,12-15H,6-11H2,1-2H3,(H2,21,25). The molecule has 1 heterocycles. The van der Waals surface area contributed by atoms with E-state index in [0.717, 1.165) is 37.9 Å². The summed E-state index contributed by atoms with van der Waals surface area (Å²) in [5.41, 5.74) is 6.03. The van der Waals surface area contributed by atoms with E-state index in [0.29, 0.717) is 35.8 Å². The first-order valence-corrected chi connectivity index (χ1v) is 9.35. The van der Waals surface area contributed by atoms with Gasteiger partial charge in [-0.05, 0) is 67.9 Å². The van der Waals surface area contributed by atoms with Gasteiger partial charge in [0.2, 0.25) is 5.91 Å². The number of hydrogen-bond donors (Lipinski definition) is 1. The molecule has 5 nitrogen and oxygen atoms in total. The van der Waals surface area contributed by atoms with E-state index in [1.165, 1.54) is 0 Å². The highest BCUT2D eigenvalue weighted by Crippen LogP contribution is 2.62. The molecule has 25 heavy (non-hydrogen) atoms. The molecule has 0 aliphatic heterocycles. The summed E-state index contributed by atoms with van der Waals surface area (Å²) in [6.45, 7) is 0. The molecular weight excluding hydrogens is 314 g/mol. The maximum atomic E-state index is 12.9. The molecule has 4 bridgehead atoms. The van der Waals surface area contributed by atoms with Crippen LogP contribution < -0.4 is 10.6 Å². The molecular formula is C20H27N3O2. The van der Waals surface area contributed by atoms with Crippen molar-refractivity contribution in [2.24, 2.45) is 34.8 Å². The SMILES string of the molecule is CN(C)c1cccc(C(=O)CC2C3CC4CC2CC(C(N)=O)(C4)C3)n1. The van der Waals surface area contributed by atoms with Crippen molar-refractivity contribution in [3.8, 4) is 0 Å². The van der Waals surface area contributed by atoms with Crippen LogP contribution in [0.5, 0.6) is 0 Å². The predicted octanol–water partition coefficient (Wildman–Crippen LogP) is 2.65. The minimum Gasteiger partial charge on any atom is -0.369 e. The zero-order chi connectivity index (χ0) is 17.8. The Kier molecular flexibility index (Phi) is 3.85. The zero-order valence-corrected chi connectivity index (χ0v) is 15.1. The summed E-state index contributed by atoms with van der Waals surface area (Å²) in [7, 11) is 3.86. The molecule has 4 aliphatic carbocycles. The normalized spacial score (nSPS) is 35.6. The molecule has 2 atom stereocenters. The molecule has 5 heteroatoms. The van der Waals surface area contributed by atoms with Crippen molar-refractivity contribution in [1.82, 2.24) is 4.98 Å². The van der Waals surface area contributed by atoms with E-state index in [1.54, 1.807) is 0 Å². The smallest absolute Gasteiger partial charge is 0.223 e. The van der Waals surface area contributed by atoms with E-state index in [4.69, 9.17) is 5.73 Å². The zero-order valence-electron chi connectivity index (χ0n) is 15.1. The molecule has 0 radical (unpaired) electrons. The second-order valence-corrected chi connectivity index (χ2v) is 8.68. The van der Waals surface area contributed by atoms with Gasteiger partial charge in [0.05, 0.1) is 0 Å². The molecule has 2 unspecified atom stereocenters. The number of ketones is 1. The number of hydrogen-bond acceptors (Lipinski definition) is 4. The van der Waals surface area contributed by atoms with E-state index in [1.807, 2.05) is 37.2 Å². The van der Waals surface area contributed by atoms with Gasteiger partial charge in [-0.3, -0.25) is 9.59 Å². The van der Waals surface area contributed by atoms with Crippen molar-refractivity contribution in [3.63, 3.8) is 0 Å². The fourth-order valence-electron chi connectivity index (χ4n) is 5.91. The van der Waals surface area contributed by atoms with Crippen LogP contribution in [0, 0.1) is 29.1 Å². The Morgan fingerprint density at radius 1 is 1.20 bits per heavy atom. The van der Waals surface area contributed by atoms with Gasteiger partial charge >= 0.3 is 0 Å². The molecule has 4 aliphatic rings. The van der Waals surface area contributed by atoms with Crippen LogP contribution in [0.1, 0.15) is 49.0 Å². The first-order valence-electron chi connectivity index (χ1n) is 9.35. The van der Waals surface area contributed by atoms with E-state index in [2.05, 4.69) is 4.98 Å². The molecule has 2 N–H and O–H groups in total. The molecule has 0 aromatic carbocycles. The van der Waals surface area contributed by atoms with E-state index >= 15 is 0 Å². The van der Waals surface area contributed by atoms with Crippen LogP contribution in [0.2, 0.25) is 0 Å². The summed E-state index contributed by atoms with van der Waals surface area (Å²) in [5, 5.41) is 0. The highest BCUT2D eigenvalue weighted by atomic mass is 16.1. The lowest BCUT2D eigenvalue weighted by molar-refractivity contribution is -0.149. The summed E-state index contributed by atoms with van der Waals surface area (Å²) in [6, 6.07) is 5.63. The quantitative estimate of drug-likeness (QED) is 0.835. The molecule has 4 saturated carbocycles. The van der Waals surface area contributed by atoms with Gasteiger partial charge in [-0.15, -0.1) is 0 Å². The molecule has 0 saturated heterocycles. The Morgan fingerprint density at radius 3 is 2.48 bits per heavy atom. The lowest BCUT2D eigenvalue weighted by atomic mass is 9.45. The van der Waals surface area contributed by atoms with Crippen LogP contribution in [-0.2, 0) is 4.79 Å². The Labute approximate surface area is 149 Å². The van der Waals surface area contributed by atoms with E-state index in [9.17, 15) is 9.59 Å². The number of rotatable bonds is 5. The number of nitrogens with zero attached hydrogens (tertiary/aromatic N) is 2. The number of aromatic nitrogens is 1. The summed E-state index contributed by atoms with van der Waals surface area (Å²) < 4.78 is 0. The van der Waals surface area contributed by atoms with Crippen LogP contribution in [0.15, 0.2) is 18.2 Å². The van der Waals surface area contributed by atoms with Gasteiger partial charge < -0.3 is 10.6 Å². The second kappa shape index (κ2) is 5.82. The number of carbonyl (C=O) groups excluding carboxylic acids is 2. The average Bonchev–Trinajstić information content (AvgIpc) is 2.57. The summed E-state index contributed by atoms with van der Waals surface area (Å²) in [5.74, 6) is 2.79. The van der Waals surface area contributed by atoms with Crippen molar-refractivity contribution in [2.75, 3.05) is 19.0 Å². The third-order valence-electron chi connectivity index (χ3n) is 6.89. The molecule has 134 valence electrons. The summed E-state index contributed by atoms with van der Waals surface area (Å²) >= 11 is 0. The Hall–Kier alpha value is -1.91. The maximum Gasteiger partial charge on any atom is 0.223 e. The first-order chi connectivity index (χ1) is 11.9. The fraction of sp³-hybridized carbons (Fsp3) is 0.650. The van der Waals surface area contributed by atoms with Crippen molar-refractivity contribution in [1.29, 1.82) is 0 Å². The van der Waals surface area contributed by atoms with Gasteiger partial charge in [-0.1, -0.05) is 6.07 Å². The number of amides is 1. The largest absolute Gasteiger partial charge is 0.369 e. The Balaban J connectivity index is 1.52. The van der Waals surface area contributed by atoms with Crippen molar-refractivity contribution in [3.05, 3.63) is 23.9 Å². The van der Waals surface area contributed by atoms with E-state index < -0.39 is 0 Å². The lowest BCUT2D eigenvalue weighted by Gasteiger charge is -2.58. The van der Waals surface area contributed by atoms with Crippen molar-refractivity contribution in [2.45, 2.75) is 38.5 Å². The minimum atomic E-state index is -0.279. The maximum absolute atomic E-state index is 12.9. The van der Waals surface area contributed by atoms with Crippen molar-refractivity contribution < 1.29 is 9.59 Å². The molecule has 4 fully saturated rings. The molecule has 1 amide bonds. The molecule has 0 spiro atoms. The van der Waals surface area contributed by atoms with Gasteiger partial charge in [0.1, 0.15) is 11.5 Å². The number of anilines is 1. The number of primary amides is 1. The van der Waals surface area contributed by atoms with Crippen LogP contribution in [0.4, 0.5) is 5.82 Å². The minimum absolute atomic E-state index is 0.114. The van der Waals surface area contributed by atoms with E-state index in [-0.39, 0.29) is 17.1 Å². The third kappa shape index (κ3) is 2.74. The number of carbonyl (C=O) groups is 2. The highest BCUT2D eigenvalue weighted by molar-refractivity contribution is 5.94. The fourth-order valence-corrected chi connectivity index (χ4v) is 5.91. The van der Waals surface area contributed by atoms with Gasteiger partial charge in [-0.25, -0.2) is 4.98 Å². The monoisotopic (exact) mass is 341 g/mol. The van der Waals surface area contributed by atoms with Crippen molar-refractivity contribution >= 4 is 17.5 Å².